The molecule has 0 aromatic heterocycles. The Hall–Kier alpha value is -1.55. The lowest BCUT2D eigenvalue weighted by Gasteiger charge is -2.27. The Labute approximate surface area is 130 Å². The Balaban J connectivity index is 2.86. The van der Waals surface area contributed by atoms with Gasteiger partial charge in [0.15, 0.2) is 11.9 Å². The zero-order chi connectivity index (χ0) is 16.2. The maximum Gasteiger partial charge on any atom is 0.261 e. The monoisotopic (exact) mass is 311 g/mol. The summed E-state index contributed by atoms with van der Waals surface area (Å²) in [5.41, 5.74) is 0.0786. The lowest BCUT2D eigenvalue weighted by Crippen LogP contribution is -2.48. The van der Waals surface area contributed by atoms with Crippen molar-refractivity contribution in [3.05, 3.63) is 28.8 Å². The predicted octanol–water partition coefficient (Wildman–Crippen LogP) is 3.61. The molecule has 0 heterocycles. The van der Waals surface area contributed by atoms with Gasteiger partial charge in [0.2, 0.25) is 0 Å². The third-order valence-electron chi connectivity index (χ3n) is 3.34. The molecule has 0 fully saturated rings. The van der Waals surface area contributed by atoms with Crippen molar-refractivity contribution in [1.29, 1.82) is 0 Å². The molecule has 1 unspecified atom stereocenters. The van der Waals surface area contributed by atoms with Gasteiger partial charge in [-0.15, -0.1) is 0 Å². The third kappa shape index (κ3) is 5.05. The molecule has 0 saturated heterocycles. The number of Topliss-reactive ketones (excluding diaryl/α,β-unsaturated/α-hetero) is 1. The molecular formula is C16H22ClNO3. The lowest BCUT2D eigenvalue weighted by molar-refractivity contribution is -0.129. The number of ether oxygens (including phenoxy) is 1. The molecule has 0 radical (unpaired) electrons. The van der Waals surface area contributed by atoms with E-state index in [1.54, 1.807) is 25.1 Å². The first-order valence-corrected chi connectivity index (χ1v) is 7.33. The van der Waals surface area contributed by atoms with Crippen LogP contribution in [0, 0.1) is 0 Å². The molecule has 1 aromatic rings. The summed E-state index contributed by atoms with van der Waals surface area (Å²) in [5.74, 6) is -0.0100. The van der Waals surface area contributed by atoms with Crippen LogP contribution in [0.5, 0.6) is 5.75 Å². The summed E-state index contributed by atoms with van der Waals surface area (Å²) in [5, 5.41) is 3.37. The Morgan fingerprint density at radius 3 is 2.52 bits per heavy atom. The zero-order valence-electron chi connectivity index (χ0n) is 13.1. The summed E-state index contributed by atoms with van der Waals surface area (Å²) in [7, 11) is 0. The van der Waals surface area contributed by atoms with Crippen molar-refractivity contribution >= 4 is 23.3 Å². The number of carbonyl (C=O) groups is 2. The summed E-state index contributed by atoms with van der Waals surface area (Å²) < 4.78 is 5.62. The smallest absolute Gasteiger partial charge is 0.261 e. The first-order chi connectivity index (χ1) is 9.66. The highest BCUT2D eigenvalue weighted by Crippen LogP contribution is 2.24. The van der Waals surface area contributed by atoms with E-state index in [9.17, 15) is 9.59 Å². The van der Waals surface area contributed by atoms with Crippen LogP contribution in [-0.2, 0) is 4.79 Å². The Morgan fingerprint density at radius 2 is 2.00 bits per heavy atom. The molecule has 1 rings (SSSR count). The molecule has 21 heavy (non-hydrogen) atoms. The Morgan fingerprint density at radius 1 is 1.38 bits per heavy atom. The summed E-state index contributed by atoms with van der Waals surface area (Å²) in [6.07, 6.45) is 0.112. The van der Waals surface area contributed by atoms with Gasteiger partial charge in [0.1, 0.15) is 5.75 Å². The topological polar surface area (TPSA) is 55.4 Å². The van der Waals surface area contributed by atoms with Crippen LogP contribution in [0.2, 0.25) is 5.02 Å². The molecule has 1 amide bonds. The highest BCUT2D eigenvalue weighted by atomic mass is 35.5. The van der Waals surface area contributed by atoms with Crippen LogP contribution in [0.4, 0.5) is 0 Å². The summed E-state index contributed by atoms with van der Waals surface area (Å²) in [4.78, 5) is 23.7. The molecule has 0 aliphatic rings. The molecule has 1 N–H and O–H groups in total. The van der Waals surface area contributed by atoms with Gasteiger partial charge in [-0.2, -0.15) is 0 Å². The minimum absolute atomic E-state index is 0.158. The quantitative estimate of drug-likeness (QED) is 0.816. The van der Waals surface area contributed by atoms with Crippen LogP contribution >= 0.6 is 11.6 Å². The zero-order valence-corrected chi connectivity index (χ0v) is 13.9. The van der Waals surface area contributed by atoms with E-state index >= 15 is 0 Å². The highest BCUT2D eigenvalue weighted by Gasteiger charge is 2.23. The van der Waals surface area contributed by atoms with Gasteiger partial charge in [0, 0.05) is 10.6 Å². The van der Waals surface area contributed by atoms with Gasteiger partial charge in [0.25, 0.3) is 5.91 Å². The van der Waals surface area contributed by atoms with Gasteiger partial charge in [-0.1, -0.05) is 18.5 Å². The number of nitrogens with one attached hydrogen (secondary N) is 1. The van der Waals surface area contributed by atoms with E-state index in [2.05, 4.69) is 5.32 Å². The lowest BCUT2D eigenvalue weighted by atomic mass is 10.0. The SMILES string of the molecule is CCC(C)(C)NC(=O)C(C)Oc1ccc(Cl)cc1C(C)=O. The normalized spacial score (nSPS) is 12.7. The highest BCUT2D eigenvalue weighted by molar-refractivity contribution is 6.31. The molecule has 5 heteroatoms. The number of ketones is 1. The molecule has 0 aliphatic heterocycles. The summed E-state index contributed by atoms with van der Waals surface area (Å²) in [6, 6.07) is 4.78. The van der Waals surface area contributed by atoms with Crippen molar-refractivity contribution in [1.82, 2.24) is 5.32 Å². The second kappa shape index (κ2) is 6.94. The van der Waals surface area contributed by atoms with E-state index in [4.69, 9.17) is 16.3 Å². The van der Waals surface area contributed by atoms with Gasteiger partial charge in [-0.3, -0.25) is 9.59 Å². The van der Waals surface area contributed by atoms with Gasteiger partial charge in [-0.25, -0.2) is 0 Å². The van der Waals surface area contributed by atoms with Crippen LogP contribution in [0.1, 0.15) is 51.4 Å². The molecule has 4 nitrogen and oxygen atoms in total. The number of amides is 1. The molecule has 1 aromatic carbocycles. The molecule has 0 aliphatic carbocycles. The van der Waals surface area contributed by atoms with E-state index in [0.29, 0.717) is 16.3 Å². The number of carbonyl (C=O) groups excluding carboxylic acids is 2. The fraction of sp³-hybridized carbons (Fsp3) is 0.500. The number of benzene rings is 1. The van der Waals surface area contributed by atoms with Crippen molar-refractivity contribution in [2.75, 3.05) is 0 Å². The van der Waals surface area contributed by atoms with Crippen molar-refractivity contribution in [2.24, 2.45) is 0 Å². The van der Waals surface area contributed by atoms with Crippen molar-refractivity contribution in [2.45, 2.75) is 52.7 Å². The molecular weight excluding hydrogens is 290 g/mol. The average Bonchev–Trinajstić information content (AvgIpc) is 2.40. The van der Waals surface area contributed by atoms with E-state index in [1.165, 1.54) is 6.92 Å². The second-order valence-corrected chi connectivity index (χ2v) is 6.12. The van der Waals surface area contributed by atoms with E-state index < -0.39 is 6.10 Å². The first kappa shape index (κ1) is 17.5. The Kier molecular flexibility index (Phi) is 5.78. The maximum absolute atomic E-state index is 12.1. The van der Waals surface area contributed by atoms with Gasteiger partial charge in [-0.05, 0) is 52.3 Å². The number of halogens is 1. The average molecular weight is 312 g/mol. The van der Waals surface area contributed by atoms with Gasteiger partial charge >= 0.3 is 0 Å². The fourth-order valence-corrected chi connectivity index (χ4v) is 1.82. The molecule has 116 valence electrons. The predicted molar refractivity (Wildman–Crippen MR) is 84.1 cm³/mol. The minimum atomic E-state index is -0.699. The third-order valence-corrected chi connectivity index (χ3v) is 3.57. The molecule has 0 saturated carbocycles. The maximum atomic E-state index is 12.1. The fourth-order valence-electron chi connectivity index (χ4n) is 1.65. The van der Waals surface area contributed by atoms with Crippen LogP contribution in [-0.4, -0.2) is 23.3 Å². The van der Waals surface area contributed by atoms with E-state index in [-0.39, 0.29) is 17.2 Å². The number of hydrogen-bond acceptors (Lipinski definition) is 3. The number of rotatable bonds is 6. The molecule has 0 bridgehead atoms. The molecule has 1 atom stereocenters. The largest absolute Gasteiger partial charge is 0.480 e. The van der Waals surface area contributed by atoms with Crippen LogP contribution in [0.3, 0.4) is 0 Å². The van der Waals surface area contributed by atoms with Gasteiger partial charge < -0.3 is 10.1 Å². The van der Waals surface area contributed by atoms with E-state index in [0.717, 1.165) is 6.42 Å². The second-order valence-electron chi connectivity index (χ2n) is 5.68. The van der Waals surface area contributed by atoms with Gasteiger partial charge in [0.05, 0.1) is 5.56 Å². The van der Waals surface area contributed by atoms with Crippen molar-refractivity contribution in [3.8, 4) is 5.75 Å². The Bertz CT molecular complexity index is 540. The van der Waals surface area contributed by atoms with Crippen LogP contribution in [0.15, 0.2) is 18.2 Å². The first-order valence-electron chi connectivity index (χ1n) is 6.95. The van der Waals surface area contributed by atoms with Crippen LogP contribution in [0.25, 0.3) is 0 Å². The summed E-state index contributed by atoms with van der Waals surface area (Å²) >= 11 is 5.88. The van der Waals surface area contributed by atoms with Crippen LogP contribution < -0.4 is 10.1 Å². The summed E-state index contributed by atoms with van der Waals surface area (Å²) in [6.45, 7) is 8.98. The standard InChI is InChI=1S/C16H22ClNO3/c1-6-16(4,5)18-15(20)11(3)21-14-8-7-12(17)9-13(14)10(2)19/h7-9,11H,6H2,1-5H3,(H,18,20). The van der Waals surface area contributed by atoms with E-state index in [1.807, 2.05) is 20.8 Å². The van der Waals surface area contributed by atoms with Crippen molar-refractivity contribution < 1.29 is 14.3 Å². The molecule has 0 spiro atoms. The minimum Gasteiger partial charge on any atom is -0.480 e. The van der Waals surface area contributed by atoms with Crippen molar-refractivity contribution in [3.63, 3.8) is 0 Å². The number of hydrogen-bond donors (Lipinski definition) is 1.